The summed E-state index contributed by atoms with van der Waals surface area (Å²) in [6.45, 7) is 0. The zero-order chi connectivity index (χ0) is 16.6. The minimum atomic E-state index is -0.507. The molecule has 2 amide bonds. The molecule has 7 heteroatoms. The molecular formula is C16H10BrIN2O3. The molecule has 0 unspecified atom stereocenters. The number of phenols is 1. The summed E-state index contributed by atoms with van der Waals surface area (Å²) in [6, 6.07) is 12.0. The number of hydrogen-bond donors (Lipinski definition) is 2. The van der Waals surface area contributed by atoms with Gasteiger partial charge in [0.25, 0.3) is 11.8 Å². The molecule has 2 N–H and O–H groups in total. The molecule has 1 saturated heterocycles. The fourth-order valence-electron chi connectivity index (χ4n) is 2.13. The Morgan fingerprint density at radius 2 is 1.83 bits per heavy atom. The maximum atomic E-state index is 12.5. The predicted octanol–water partition coefficient (Wildman–Crippen LogP) is 3.22. The fraction of sp³-hybridized carbons (Fsp3) is 0. The second kappa shape index (κ2) is 6.32. The maximum absolute atomic E-state index is 12.5. The minimum absolute atomic E-state index is 0.00554. The monoisotopic (exact) mass is 484 g/mol. The number of benzene rings is 2. The van der Waals surface area contributed by atoms with Crippen LogP contribution in [0.2, 0.25) is 0 Å². The van der Waals surface area contributed by atoms with E-state index in [0.717, 1.165) is 8.04 Å². The first-order valence-corrected chi connectivity index (χ1v) is 8.44. The van der Waals surface area contributed by atoms with Gasteiger partial charge in [0.15, 0.2) is 0 Å². The van der Waals surface area contributed by atoms with Crippen molar-refractivity contribution in [1.82, 2.24) is 5.43 Å². The van der Waals surface area contributed by atoms with E-state index in [1.54, 1.807) is 24.3 Å². The van der Waals surface area contributed by atoms with Crippen LogP contribution in [0.1, 0.15) is 5.56 Å². The molecule has 116 valence electrons. The molecule has 0 saturated carbocycles. The van der Waals surface area contributed by atoms with Gasteiger partial charge in [0.1, 0.15) is 11.3 Å². The lowest BCUT2D eigenvalue weighted by Crippen LogP contribution is -2.35. The van der Waals surface area contributed by atoms with Gasteiger partial charge in [0.05, 0.1) is 5.69 Å². The largest absolute Gasteiger partial charge is 0.507 e. The Balaban J connectivity index is 1.97. The van der Waals surface area contributed by atoms with Crippen LogP contribution in [0.25, 0.3) is 6.08 Å². The Morgan fingerprint density at radius 3 is 2.52 bits per heavy atom. The molecule has 0 bridgehead atoms. The number of carbonyl (C=O) groups excluding carboxylic acids is 2. The van der Waals surface area contributed by atoms with E-state index >= 15 is 0 Å². The van der Waals surface area contributed by atoms with Crippen molar-refractivity contribution >= 4 is 62.1 Å². The molecule has 1 aliphatic heterocycles. The zero-order valence-electron chi connectivity index (χ0n) is 11.6. The number of aromatic hydroxyl groups is 1. The summed E-state index contributed by atoms with van der Waals surface area (Å²) in [4.78, 5) is 24.6. The van der Waals surface area contributed by atoms with Crippen molar-refractivity contribution in [2.24, 2.45) is 0 Å². The number of phenolic OH excluding ortho intramolecular Hbond substituents is 1. The third-order valence-corrected chi connectivity index (χ3v) is 4.48. The Kier molecular flexibility index (Phi) is 4.40. The standard InChI is InChI=1S/C16H10BrIN2O3/c17-10-1-6-14(21)9(7-10)8-13-15(22)19-20(16(13)23)12-4-2-11(18)3-5-12/h1-8,21H,(H,19,22)/b13-8-. The zero-order valence-corrected chi connectivity index (χ0v) is 15.3. The highest BCUT2D eigenvalue weighted by molar-refractivity contribution is 14.1. The van der Waals surface area contributed by atoms with Gasteiger partial charge in [0, 0.05) is 13.6 Å². The van der Waals surface area contributed by atoms with Crippen LogP contribution in [0, 0.1) is 3.57 Å². The Hall–Kier alpha value is -1.87. The number of halogens is 2. The number of carbonyl (C=O) groups is 2. The average molecular weight is 485 g/mol. The SMILES string of the molecule is O=C1NN(c2ccc(I)cc2)C(=O)/C1=C\c1cc(Br)ccc1O. The number of rotatable bonds is 2. The van der Waals surface area contributed by atoms with Gasteiger partial charge in [-0.1, -0.05) is 15.9 Å². The van der Waals surface area contributed by atoms with Gasteiger partial charge < -0.3 is 5.11 Å². The van der Waals surface area contributed by atoms with E-state index in [1.165, 1.54) is 17.2 Å². The van der Waals surface area contributed by atoms with E-state index in [0.29, 0.717) is 11.3 Å². The van der Waals surface area contributed by atoms with Crippen LogP contribution in [-0.2, 0) is 9.59 Å². The van der Waals surface area contributed by atoms with E-state index in [4.69, 9.17) is 0 Å². The normalized spacial score (nSPS) is 16.1. The molecule has 1 heterocycles. The molecule has 2 aromatic rings. The summed E-state index contributed by atoms with van der Waals surface area (Å²) in [7, 11) is 0. The Bertz CT molecular complexity index is 834. The smallest absolute Gasteiger partial charge is 0.282 e. The van der Waals surface area contributed by atoms with Gasteiger partial charge in [-0.25, -0.2) is 5.01 Å². The number of amides is 2. The van der Waals surface area contributed by atoms with Crippen LogP contribution in [0.4, 0.5) is 5.69 Å². The van der Waals surface area contributed by atoms with Gasteiger partial charge in [-0.15, -0.1) is 0 Å². The van der Waals surface area contributed by atoms with E-state index in [-0.39, 0.29) is 11.3 Å². The number of hydrazine groups is 1. The van der Waals surface area contributed by atoms with Crippen LogP contribution >= 0.6 is 38.5 Å². The van der Waals surface area contributed by atoms with Gasteiger partial charge in [-0.3, -0.25) is 15.0 Å². The van der Waals surface area contributed by atoms with Crippen molar-refractivity contribution in [2.75, 3.05) is 5.01 Å². The molecule has 0 spiro atoms. The molecule has 0 radical (unpaired) electrons. The number of nitrogens with one attached hydrogen (secondary N) is 1. The highest BCUT2D eigenvalue weighted by Crippen LogP contribution is 2.27. The number of anilines is 1. The van der Waals surface area contributed by atoms with Gasteiger partial charge in [-0.05, 0) is 71.1 Å². The molecular weight excluding hydrogens is 475 g/mol. The summed E-state index contributed by atoms with van der Waals surface area (Å²) >= 11 is 5.45. The van der Waals surface area contributed by atoms with Crippen molar-refractivity contribution in [1.29, 1.82) is 0 Å². The Morgan fingerprint density at radius 1 is 1.13 bits per heavy atom. The lowest BCUT2D eigenvalue weighted by Gasteiger charge is -2.14. The molecule has 1 fully saturated rings. The summed E-state index contributed by atoms with van der Waals surface area (Å²) in [5.41, 5.74) is 3.46. The summed E-state index contributed by atoms with van der Waals surface area (Å²) < 4.78 is 1.77. The maximum Gasteiger partial charge on any atom is 0.282 e. The van der Waals surface area contributed by atoms with Gasteiger partial charge >= 0.3 is 0 Å². The molecule has 0 atom stereocenters. The van der Waals surface area contributed by atoms with Crippen LogP contribution in [-0.4, -0.2) is 16.9 Å². The third kappa shape index (κ3) is 3.25. The topological polar surface area (TPSA) is 69.6 Å². The first kappa shape index (κ1) is 16.0. The van der Waals surface area contributed by atoms with Gasteiger partial charge in [0.2, 0.25) is 0 Å². The van der Waals surface area contributed by atoms with E-state index in [9.17, 15) is 14.7 Å². The van der Waals surface area contributed by atoms with E-state index in [2.05, 4.69) is 43.9 Å². The molecule has 3 rings (SSSR count). The van der Waals surface area contributed by atoms with Gasteiger partial charge in [-0.2, -0.15) is 0 Å². The van der Waals surface area contributed by atoms with Crippen molar-refractivity contribution in [3.63, 3.8) is 0 Å². The molecule has 5 nitrogen and oxygen atoms in total. The molecule has 2 aromatic carbocycles. The minimum Gasteiger partial charge on any atom is -0.507 e. The first-order valence-electron chi connectivity index (χ1n) is 6.57. The third-order valence-electron chi connectivity index (χ3n) is 3.27. The van der Waals surface area contributed by atoms with Crippen LogP contribution in [0.15, 0.2) is 52.5 Å². The van der Waals surface area contributed by atoms with E-state index < -0.39 is 11.8 Å². The molecule has 0 aliphatic carbocycles. The highest BCUT2D eigenvalue weighted by Gasteiger charge is 2.34. The second-order valence-electron chi connectivity index (χ2n) is 4.82. The summed E-state index contributed by atoms with van der Waals surface area (Å²) in [5, 5.41) is 11.1. The summed E-state index contributed by atoms with van der Waals surface area (Å²) in [5.74, 6) is -0.975. The lowest BCUT2D eigenvalue weighted by atomic mass is 10.1. The Labute approximate surface area is 154 Å². The number of nitrogens with zero attached hydrogens (tertiary/aromatic N) is 1. The van der Waals surface area contributed by atoms with Crippen molar-refractivity contribution in [3.8, 4) is 5.75 Å². The van der Waals surface area contributed by atoms with Crippen LogP contribution in [0.3, 0.4) is 0 Å². The average Bonchev–Trinajstić information content (AvgIpc) is 2.80. The first-order chi connectivity index (χ1) is 11.0. The van der Waals surface area contributed by atoms with E-state index in [1.807, 2.05) is 12.1 Å². The van der Waals surface area contributed by atoms with Crippen molar-refractivity contribution in [2.45, 2.75) is 0 Å². The van der Waals surface area contributed by atoms with Crippen molar-refractivity contribution < 1.29 is 14.7 Å². The number of hydrogen-bond acceptors (Lipinski definition) is 3. The van der Waals surface area contributed by atoms with Crippen molar-refractivity contribution in [3.05, 3.63) is 61.6 Å². The molecule has 0 aromatic heterocycles. The summed E-state index contributed by atoms with van der Waals surface area (Å²) in [6.07, 6.45) is 1.38. The predicted molar refractivity (Wildman–Crippen MR) is 98.6 cm³/mol. The fourth-order valence-corrected chi connectivity index (χ4v) is 2.86. The second-order valence-corrected chi connectivity index (χ2v) is 6.98. The molecule has 23 heavy (non-hydrogen) atoms. The lowest BCUT2D eigenvalue weighted by molar-refractivity contribution is -0.117. The quantitative estimate of drug-likeness (QED) is 0.390. The van der Waals surface area contributed by atoms with Crippen LogP contribution < -0.4 is 10.4 Å². The highest BCUT2D eigenvalue weighted by atomic mass is 127. The van der Waals surface area contributed by atoms with Crippen LogP contribution in [0.5, 0.6) is 5.75 Å². The molecule has 1 aliphatic rings.